The van der Waals surface area contributed by atoms with E-state index in [1.807, 2.05) is 19.1 Å². The molecule has 1 spiro atoms. The molecule has 2 atom stereocenters. The van der Waals surface area contributed by atoms with Gasteiger partial charge in [0.25, 0.3) is 11.8 Å². The number of benzene rings is 1. The van der Waals surface area contributed by atoms with Crippen molar-refractivity contribution < 1.29 is 23.3 Å². The molecule has 1 aromatic carbocycles. The van der Waals surface area contributed by atoms with Crippen LogP contribution in [0.25, 0.3) is 0 Å². The first-order chi connectivity index (χ1) is 15.6. The Hall–Kier alpha value is -3.39. The largest absolute Gasteiger partial charge is 0.459 e. The topological polar surface area (TPSA) is 97.8 Å². The quantitative estimate of drug-likeness (QED) is 0.660. The van der Waals surface area contributed by atoms with Crippen LogP contribution in [0.2, 0.25) is 0 Å². The second-order valence-electron chi connectivity index (χ2n) is 8.22. The number of aromatic nitrogens is 1. The van der Waals surface area contributed by atoms with E-state index in [0.717, 1.165) is 18.4 Å². The lowest BCUT2D eigenvalue weighted by atomic mass is 9.71. The minimum atomic E-state index is -0.305. The van der Waals surface area contributed by atoms with Crippen molar-refractivity contribution in [3.05, 3.63) is 77.6 Å². The third-order valence-corrected chi connectivity index (χ3v) is 6.65. The maximum absolute atomic E-state index is 12.8. The van der Waals surface area contributed by atoms with Gasteiger partial charge in [-0.1, -0.05) is 29.4 Å². The first-order valence-electron chi connectivity index (χ1n) is 10.9. The highest BCUT2D eigenvalue weighted by atomic mass is 16.5. The minimum Gasteiger partial charge on any atom is -0.459 e. The molecule has 166 valence electrons. The van der Waals surface area contributed by atoms with E-state index < -0.39 is 0 Å². The van der Waals surface area contributed by atoms with E-state index in [1.165, 1.54) is 18.0 Å². The normalized spacial score (nSPS) is 21.5. The van der Waals surface area contributed by atoms with Crippen molar-refractivity contribution in [3.63, 3.8) is 0 Å². The lowest BCUT2D eigenvalue weighted by Gasteiger charge is -2.44. The maximum atomic E-state index is 12.8. The molecule has 0 bridgehead atoms. The summed E-state index contributed by atoms with van der Waals surface area (Å²) in [5.41, 5.74) is 1.93. The van der Waals surface area contributed by atoms with Crippen LogP contribution in [0.4, 0.5) is 0 Å². The maximum Gasteiger partial charge on any atom is 0.292 e. The van der Waals surface area contributed by atoms with E-state index in [2.05, 4.69) is 22.6 Å². The molecule has 1 N–H and O–H groups in total. The zero-order chi connectivity index (χ0) is 22.1. The molecular weight excluding hydrogens is 410 g/mol. The van der Waals surface area contributed by atoms with Crippen LogP contribution in [0.5, 0.6) is 0 Å². The van der Waals surface area contributed by atoms with Crippen LogP contribution in [-0.4, -0.2) is 47.7 Å². The van der Waals surface area contributed by atoms with E-state index in [-0.39, 0.29) is 40.9 Å². The van der Waals surface area contributed by atoms with Gasteiger partial charge in [-0.3, -0.25) is 9.59 Å². The predicted molar refractivity (Wildman–Crippen MR) is 114 cm³/mol. The second-order valence-corrected chi connectivity index (χ2v) is 8.22. The third-order valence-electron chi connectivity index (χ3n) is 6.65. The Bertz CT molecular complexity index is 1080. The molecule has 2 aliphatic rings. The fourth-order valence-corrected chi connectivity index (χ4v) is 5.21. The number of carbonyl (C=O) groups excluding carboxylic acids is 2. The van der Waals surface area contributed by atoms with Crippen LogP contribution < -0.4 is 5.32 Å². The molecule has 0 saturated carbocycles. The van der Waals surface area contributed by atoms with Crippen molar-refractivity contribution in [2.24, 2.45) is 0 Å². The number of likely N-dealkylation sites (tertiary alicyclic amines) is 1. The van der Waals surface area contributed by atoms with Crippen LogP contribution in [0, 0.1) is 0 Å². The highest BCUT2D eigenvalue weighted by Crippen LogP contribution is 2.52. The molecule has 1 fully saturated rings. The second kappa shape index (κ2) is 8.27. The van der Waals surface area contributed by atoms with Gasteiger partial charge in [0.2, 0.25) is 5.76 Å². The summed E-state index contributed by atoms with van der Waals surface area (Å²) in [7, 11) is 0. The van der Waals surface area contributed by atoms with Crippen molar-refractivity contribution >= 4 is 11.8 Å². The van der Waals surface area contributed by atoms with E-state index in [1.54, 1.807) is 23.1 Å². The molecule has 8 heteroatoms. The zero-order valence-electron chi connectivity index (χ0n) is 17.8. The van der Waals surface area contributed by atoms with Crippen molar-refractivity contribution in [2.45, 2.75) is 37.3 Å². The molecule has 5 rings (SSSR count). The van der Waals surface area contributed by atoms with Gasteiger partial charge in [0.05, 0.1) is 24.6 Å². The van der Waals surface area contributed by atoms with Crippen molar-refractivity contribution in [1.29, 1.82) is 0 Å². The fraction of sp³-hybridized carbons (Fsp3) is 0.375. The van der Waals surface area contributed by atoms with Gasteiger partial charge in [0.15, 0.2) is 5.76 Å². The number of nitrogens with zero attached hydrogens (tertiary/aromatic N) is 2. The van der Waals surface area contributed by atoms with Crippen LogP contribution in [0.15, 0.2) is 63.9 Å². The lowest BCUT2D eigenvalue weighted by molar-refractivity contribution is -0.0310. The van der Waals surface area contributed by atoms with Crippen molar-refractivity contribution in [1.82, 2.24) is 15.4 Å². The van der Waals surface area contributed by atoms with E-state index in [0.29, 0.717) is 19.7 Å². The highest BCUT2D eigenvalue weighted by Gasteiger charge is 2.54. The molecule has 3 aromatic rings. The average molecular weight is 435 g/mol. The molecule has 1 aliphatic carbocycles. The number of ether oxygens (including phenoxy) is 1. The summed E-state index contributed by atoms with van der Waals surface area (Å²) in [6, 6.07) is 12.8. The summed E-state index contributed by atoms with van der Waals surface area (Å²) in [5.74, 6) is 0.0950. The standard InChI is InChI=1S/C24H25N3O5/c1-2-30-21-20(26-22(28)18-8-5-15-31-18)16-6-3-4-7-17(16)24(21)10-13-27(14-11-24)23(29)19-9-12-25-32-19/h3-9,12,15,20-21H,2,10-11,13-14H2,1H3,(H,26,28)/t20-,21+/m1/s1. The molecule has 8 nitrogen and oxygen atoms in total. The Morgan fingerprint density at radius 1 is 1.16 bits per heavy atom. The lowest BCUT2D eigenvalue weighted by Crippen LogP contribution is -2.52. The highest BCUT2D eigenvalue weighted by molar-refractivity contribution is 5.92. The van der Waals surface area contributed by atoms with Gasteiger partial charge in [0, 0.05) is 31.2 Å². The number of nitrogens with one attached hydrogen (secondary N) is 1. The van der Waals surface area contributed by atoms with Gasteiger partial charge in [-0.2, -0.15) is 0 Å². The number of hydrogen-bond acceptors (Lipinski definition) is 6. The molecular formula is C24H25N3O5. The summed E-state index contributed by atoms with van der Waals surface area (Å²) >= 11 is 0. The van der Waals surface area contributed by atoms with Crippen molar-refractivity contribution in [2.75, 3.05) is 19.7 Å². The predicted octanol–water partition coefficient (Wildman–Crippen LogP) is 3.33. The molecule has 32 heavy (non-hydrogen) atoms. The number of rotatable bonds is 5. The third kappa shape index (κ3) is 3.31. The van der Waals surface area contributed by atoms with Gasteiger partial charge >= 0.3 is 0 Å². The first kappa shape index (κ1) is 20.5. The molecule has 2 amide bonds. The average Bonchev–Trinajstić information content (AvgIpc) is 3.58. The Labute approximate surface area is 185 Å². The number of hydrogen-bond donors (Lipinski definition) is 1. The molecule has 1 aliphatic heterocycles. The van der Waals surface area contributed by atoms with Crippen LogP contribution in [-0.2, 0) is 10.2 Å². The minimum absolute atomic E-state index is 0.153. The molecule has 3 heterocycles. The Kier molecular flexibility index (Phi) is 5.30. The van der Waals surface area contributed by atoms with Gasteiger partial charge in [-0.15, -0.1) is 0 Å². The summed E-state index contributed by atoms with van der Waals surface area (Å²) in [4.78, 5) is 27.4. The Morgan fingerprint density at radius 3 is 2.66 bits per heavy atom. The Morgan fingerprint density at radius 2 is 1.97 bits per heavy atom. The number of furan rings is 1. The molecule has 2 aromatic heterocycles. The first-order valence-corrected chi connectivity index (χ1v) is 10.9. The van der Waals surface area contributed by atoms with E-state index in [9.17, 15) is 9.59 Å². The smallest absolute Gasteiger partial charge is 0.292 e. The van der Waals surface area contributed by atoms with Gasteiger partial charge in [-0.05, 0) is 43.0 Å². The summed E-state index contributed by atoms with van der Waals surface area (Å²) < 4.78 is 16.6. The van der Waals surface area contributed by atoms with Crippen molar-refractivity contribution in [3.8, 4) is 0 Å². The molecule has 1 saturated heterocycles. The number of carbonyl (C=O) groups is 2. The zero-order valence-corrected chi connectivity index (χ0v) is 17.8. The van der Waals surface area contributed by atoms with E-state index >= 15 is 0 Å². The monoisotopic (exact) mass is 435 g/mol. The van der Waals surface area contributed by atoms with Gasteiger partial charge in [-0.25, -0.2) is 0 Å². The van der Waals surface area contributed by atoms with Gasteiger partial charge < -0.3 is 23.9 Å². The van der Waals surface area contributed by atoms with Crippen LogP contribution >= 0.6 is 0 Å². The summed E-state index contributed by atoms with van der Waals surface area (Å²) in [5, 5.41) is 6.78. The molecule has 0 radical (unpaired) electrons. The van der Waals surface area contributed by atoms with E-state index in [4.69, 9.17) is 13.7 Å². The van der Waals surface area contributed by atoms with Crippen LogP contribution in [0.3, 0.4) is 0 Å². The summed E-state index contributed by atoms with van der Waals surface area (Å²) in [6.45, 7) is 3.62. The number of fused-ring (bicyclic) bond motifs is 2. The van der Waals surface area contributed by atoms with Crippen LogP contribution in [0.1, 0.15) is 58.0 Å². The Balaban J connectivity index is 1.44. The fourth-order valence-electron chi connectivity index (χ4n) is 5.21. The SMILES string of the molecule is CCO[C@H]1[C@H](NC(=O)c2ccco2)c2ccccc2C12CCN(C(=O)c1ccno1)CC2. The molecule has 0 unspecified atom stereocenters. The van der Waals surface area contributed by atoms with Gasteiger partial charge in [0.1, 0.15) is 0 Å². The number of piperidine rings is 1. The number of amides is 2. The summed E-state index contributed by atoms with van der Waals surface area (Å²) in [6.07, 6.45) is 4.17.